The minimum absolute atomic E-state index is 0.113. The number of aryl methyl sites for hydroxylation is 1. The summed E-state index contributed by atoms with van der Waals surface area (Å²) in [6.45, 7) is 3.35. The Hall–Kier alpha value is -2.79. The van der Waals surface area contributed by atoms with Crippen molar-refractivity contribution in [1.82, 2.24) is 4.90 Å². The zero-order valence-corrected chi connectivity index (χ0v) is 16.2. The van der Waals surface area contributed by atoms with Crippen LogP contribution in [0, 0.1) is 6.92 Å². The molecular formula is C21H21ClN2O3. The van der Waals surface area contributed by atoms with E-state index in [1.54, 1.807) is 23.2 Å². The van der Waals surface area contributed by atoms with Crippen LogP contribution in [0.25, 0.3) is 6.08 Å². The van der Waals surface area contributed by atoms with E-state index >= 15 is 0 Å². The van der Waals surface area contributed by atoms with E-state index in [-0.39, 0.29) is 24.3 Å². The molecule has 1 atom stereocenters. The van der Waals surface area contributed by atoms with Crippen molar-refractivity contribution in [3.63, 3.8) is 0 Å². The molecule has 5 nitrogen and oxygen atoms in total. The summed E-state index contributed by atoms with van der Waals surface area (Å²) in [7, 11) is 1.52. The van der Waals surface area contributed by atoms with Crippen molar-refractivity contribution in [3.8, 4) is 5.75 Å². The summed E-state index contributed by atoms with van der Waals surface area (Å²) in [6, 6.07) is 10.9. The summed E-state index contributed by atoms with van der Waals surface area (Å²) in [4.78, 5) is 26.4. The lowest BCUT2D eigenvalue weighted by molar-refractivity contribution is -0.129. The van der Waals surface area contributed by atoms with Gasteiger partial charge in [-0.05, 0) is 35.8 Å². The number of carbonyl (C=O) groups excluding carboxylic acids is 2. The Bertz CT molecular complexity index is 924. The van der Waals surface area contributed by atoms with Crippen LogP contribution in [0.2, 0.25) is 5.02 Å². The predicted molar refractivity (Wildman–Crippen MR) is 107 cm³/mol. The van der Waals surface area contributed by atoms with E-state index in [2.05, 4.69) is 5.32 Å². The zero-order chi connectivity index (χ0) is 19.6. The third-order valence-electron chi connectivity index (χ3n) is 4.60. The van der Waals surface area contributed by atoms with Gasteiger partial charge in [-0.15, -0.1) is 0 Å². The SMILES string of the molecule is COc1cc(Cl)c(C)cc1NC(=O)C[C@H]1c2ccccc2C=CN1C(C)=O. The normalized spacial score (nSPS) is 15.3. The van der Waals surface area contributed by atoms with Gasteiger partial charge in [-0.1, -0.05) is 35.9 Å². The van der Waals surface area contributed by atoms with Crippen LogP contribution in [0.4, 0.5) is 5.69 Å². The van der Waals surface area contributed by atoms with Crippen LogP contribution in [-0.4, -0.2) is 23.8 Å². The smallest absolute Gasteiger partial charge is 0.226 e. The van der Waals surface area contributed by atoms with Crippen LogP contribution in [0.15, 0.2) is 42.6 Å². The number of carbonyl (C=O) groups is 2. The summed E-state index contributed by atoms with van der Waals surface area (Å²) in [6.07, 6.45) is 3.75. The Morgan fingerprint density at radius 2 is 2.00 bits per heavy atom. The molecule has 1 aliphatic heterocycles. The van der Waals surface area contributed by atoms with Crippen molar-refractivity contribution >= 4 is 35.2 Å². The summed E-state index contributed by atoms with van der Waals surface area (Å²) >= 11 is 6.12. The van der Waals surface area contributed by atoms with Crippen molar-refractivity contribution in [2.45, 2.75) is 26.3 Å². The second-order valence-electron chi connectivity index (χ2n) is 6.44. The zero-order valence-electron chi connectivity index (χ0n) is 15.5. The summed E-state index contributed by atoms with van der Waals surface area (Å²) in [5.41, 5.74) is 3.35. The molecule has 0 aromatic heterocycles. The Balaban J connectivity index is 1.85. The third-order valence-corrected chi connectivity index (χ3v) is 5.01. The average molecular weight is 385 g/mol. The first-order chi connectivity index (χ1) is 12.9. The highest BCUT2D eigenvalue weighted by atomic mass is 35.5. The Morgan fingerprint density at radius 1 is 1.26 bits per heavy atom. The van der Waals surface area contributed by atoms with Crippen LogP contribution >= 0.6 is 11.6 Å². The number of ether oxygens (including phenoxy) is 1. The molecule has 1 heterocycles. The highest BCUT2D eigenvalue weighted by molar-refractivity contribution is 6.31. The highest BCUT2D eigenvalue weighted by Gasteiger charge is 2.28. The maximum Gasteiger partial charge on any atom is 0.226 e. The molecule has 6 heteroatoms. The Kier molecular flexibility index (Phi) is 5.51. The number of anilines is 1. The largest absolute Gasteiger partial charge is 0.495 e. The molecule has 0 unspecified atom stereocenters. The molecule has 2 aromatic rings. The number of benzene rings is 2. The topological polar surface area (TPSA) is 58.6 Å². The molecular weight excluding hydrogens is 364 g/mol. The van der Waals surface area contributed by atoms with E-state index in [0.717, 1.165) is 16.7 Å². The lowest BCUT2D eigenvalue weighted by Gasteiger charge is -2.32. The number of fused-ring (bicyclic) bond motifs is 1. The molecule has 2 aromatic carbocycles. The van der Waals surface area contributed by atoms with Gasteiger partial charge in [-0.25, -0.2) is 0 Å². The summed E-state index contributed by atoms with van der Waals surface area (Å²) in [5.74, 6) is 0.168. The molecule has 0 radical (unpaired) electrons. The van der Waals surface area contributed by atoms with E-state index in [9.17, 15) is 9.59 Å². The van der Waals surface area contributed by atoms with Gasteiger partial charge >= 0.3 is 0 Å². The third kappa shape index (κ3) is 3.98. The van der Waals surface area contributed by atoms with Gasteiger partial charge in [-0.2, -0.15) is 0 Å². The molecule has 0 fully saturated rings. The van der Waals surface area contributed by atoms with E-state index in [1.165, 1.54) is 14.0 Å². The molecule has 27 heavy (non-hydrogen) atoms. The second-order valence-corrected chi connectivity index (χ2v) is 6.85. The van der Waals surface area contributed by atoms with Crippen LogP contribution in [0.3, 0.4) is 0 Å². The fourth-order valence-corrected chi connectivity index (χ4v) is 3.37. The van der Waals surface area contributed by atoms with Gasteiger partial charge < -0.3 is 15.0 Å². The van der Waals surface area contributed by atoms with Gasteiger partial charge in [0.05, 0.1) is 25.3 Å². The lowest BCUT2D eigenvalue weighted by atomic mass is 9.93. The summed E-state index contributed by atoms with van der Waals surface area (Å²) < 4.78 is 5.31. The van der Waals surface area contributed by atoms with Crippen LogP contribution in [0.5, 0.6) is 5.75 Å². The van der Waals surface area contributed by atoms with E-state index in [0.29, 0.717) is 16.5 Å². The molecule has 1 N–H and O–H groups in total. The van der Waals surface area contributed by atoms with Gasteiger partial charge in [0.2, 0.25) is 11.8 Å². The number of halogens is 1. The molecule has 0 saturated heterocycles. The Morgan fingerprint density at radius 3 is 2.70 bits per heavy atom. The molecule has 0 aliphatic carbocycles. The average Bonchev–Trinajstić information content (AvgIpc) is 2.64. The second kappa shape index (κ2) is 7.84. The molecule has 0 spiro atoms. The number of hydrogen-bond donors (Lipinski definition) is 1. The van der Waals surface area contributed by atoms with Gasteiger partial charge in [0.1, 0.15) is 5.75 Å². The van der Waals surface area contributed by atoms with E-state index in [4.69, 9.17) is 16.3 Å². The number of hydrogen-bond acceptors (Lipinski definition) is 3. The number of amides is 2. The minimum Gasteiger partial charge on any atom is -0.495 e. The number of rotatable bonds is 4. The van der Waals surface area contributed by atoms with Gasteiger partial charge in [0.15, 0.2) is 0 Å². The van der Waals surface area contributed by atoms with Crippen LogP contribution in [0.1, 0.15) is 36.1 Å². The Labute approximate surface area is 163 Å². The quantitative estimate of drug-likeness (QED) is 0.840. The van der Waals surface area contributed by atoms with Crippen molar-refractivity contribution in [3.05, 3.63) is 64.3 Å². The van der Waals surface area contributed by atoms with Crippen LogP contribution < -0.4 is 10.1 Å². The molecule has 0 bridgehead atoms. The minimum atomic E-state index is -0.358. The molecule has 0 saturated carbocycles. The lowest BCUT2D eigenvalue weighted by Crippen LogP contribution is -2.33. The first-order valence-corrected chi connectivity index (χ1v) is 8.98. The summed E-state index contributed by atoms with van der Waals surface area (Å²) in [5, 5.41) is 3.45. The molecule has 3 rings (SSSR count). The van der Waals surface area contributed by atoms with Gasteiger partial charge in [-0.3, -0.25) is 9.59 Å². The van der Waals surface area contributed by atoms with E-state index in [1.807, 2.05) is 37.3 Å². The maximum atomic E-state index is 12.8. The number of nitrogens with zero attached hydrogens (tertiary/aromatic N) is 1. The number of methoxy groups -OCH3 is 1. The monoisotopic (exact) mass is 384 g/mol. The van der Waals surface area contributed by atoms with Gasteiger partial charge in [0.25, 0.3) is 0 Å². The van der Waals surface area contributed by atoms with Crippen LogP contribution in [-0.2, 0) is 9.59 Å². The first-order valence-electron chi connectivity index (χ1n) is 8.60. The molecule has 140 valence electrons. The van der Waals surface area contributed by atoms with Crippen molar-refractivity contribution in [1.29, 1.82) is 0 Å². The van der Waals surface area contributed by atoms with E-state index < -0.39 is 0 Å². The van der Waals surface area contributed by atoms with Crippen molar-refractivity contribution in [2.24, 2.45) is 0 Å². The maximum absolute atomic E-state index is 12.8. The first kappa shape index (κ1) is 19.0. The fourth-order valence-electron chi connectivity index (χ4n) is 3.22. The van der Waals surface area contributed by atoms with Crippen molar-refractivity contribution in [2.75, 3.05) is 12.4 Å². The molecule has 2 amide bonds. The molecule has 1 aliphatic rings. The van der Waals surface area contributed by atoms with Crippen molar-refractivity contribution < 1.29 is 14.3 Å². The predicted octanol–water partition coefficient (Wildman–Crippen LogP) is 4.56. The number of nitrogens with one attached hydrogen (secondary N) is 1. The fraction of sp³-hybridized carbons (Fsp3) is 0.238. The van der Waals surface area contributed by atoms with Gasteiger partial charge in [0, 0.05) is 24.2 Å². The highest BCUT2D eigenvalue weighted by Crippen LogP contribution is 2.34. The standard InChI is InChI=1S/C21H21ClN2O3/c1-13-10-18(20(27-3)11-17(13)22)23-21(26)12-19-16-7-5-4-6-15(16)8-9-24(19)14(2)25/h4-11,19H,12H2,1-3H3,(H,23,26)/t19-/m0/s1.